The van der Waals surface area contributed by atoms with Crippen LogP contribution in [-0.4, -0.2) is 28.4 Å². The normalized spacial score (nSPS) is 17.7. The molecule has 62 valence electrons. The molecule has 0 atom stereocenters. The molecule has 1 N–H and O–H groups in total. The zero-order chi connectivity index (χ0) is 9.30. The summed E-state index contributed by atoms with van der Waals surface area (Å²) >= 11 is 0. The van der Waals surface area contributed by atoms with Gasteiger partial charge < -0.3 is 5.11 Å². The van der Waals surface area contributed by atoms with Crippen LogP contribution < -0.4 is 0 Å². The van der Waals surface area contributed by atoms with Gasteiger partial charge in [0.05, 0.1) is 6.42 Å². The van der Waals surface area contributed by atoms with Crippen molar-refractivity contribution in [3.05, 3.63) is 11.6 Å². The predicted molar refractivity (Wildman–Crippen MR) is 35.4 cm³/mol. The van der Waals surface area contributed by atoms with Gasteiger partial charge in [-0.3, -0.25) is 14.4 Å². The van der Waals surface area contributed by atoms with E-state index in [9.17, 15) is 19.2 Å². The molecule has 1 aliphatic carbocycles. The van der Waals surface area contributed by atoms with Gasteiger partial charge in [-0.25, -0.2) is 4.79 Å². The Morgan fingerprint density at radius 1 is 1.25 bits per heavy atom. The fourth-order valence-electron chi connectivity index (χ4n) is 0.801. The van der Waals surface area contributed by atoms with E-state index in [1.54, 1.807) is 0 Å². The first-order chi connectivity index (χ1) is 5.52. The minimum Gasteiger partial charge on any atom is -0.478 e. The SMILES string of the molecule is O=C(O)C1=CC(=O)C(=O)CC1=O. The second-order valence-electron chi connectivity index (χ2n) is 2.25. The van der Waals surface area contributed by atoms with Crippen molar-refractivity contribution >= 4 is 23.3 Å². The van der Waals surface area contributed by atoms with Gasteiger partial charge in [0, 0.05) is 6.08 Å². The second-order valence-corrected chi connectivity index (χ2v) is 2.25. The molecule has 0 unspecified atom stereocenters. The average Bonchev–Trinajstić information content (AvgIpc) is 1.96. The largest absolute Gasteiger partial charge is 0.478 e. The Morgan fingerprint density at radius 2 is 1.83 bits per heavy atom. The molecular weight excluding hydrogens is 164 g/mol. The van der Waals surface area contributed by atoms with Crippen molar-refractivity contribution in [1.82, 2.24) is 0 Å². The molecule has 0 spiro atoms. The Bertz CT molecular complexity index is 323. The molecule has 0 amide bonds. The molecule has 0 bridgehead atoms. The van der Waals surface area contributed by atoms with E-state index in [0.29, 0.717) is 6.08 Å². The van der Waals surface area contributed by atoms with Crippen LogP contribution in [0.1, 0.15) is 6.42 Å². The quantitative estimate of drug-likeness (QED) is 0.311. The van der Waals surface area contributed by atoms with Gasteiger partial charge in [-0.15, -0.1) is 0 Å². The van der Waals surface area contributed by atoms with E-state index < -0.39 is 35.3 Å². The van der Waals surface area contributed by atoms with E-state index in [-0.39, 0.29) is 0 Å². The van der Waals surface area contributed by atoms with Crippen LogP contribution in [-0.2, 0) is 19.2 Å². The number of aliphatic carboxylic acids is 1. The second kappa shape index (κ2) is 2.69. The highest BCUT2D eigenvalue weighted by Crippen LogP contribution is 2.08. The third-order valence-corrected chi connectivity index (χ3v) is 1.40. The van der Waals surface area contributed by atoms with E-state index in [0.717, 1.165) is 0 Å². The highest BCUT2D eigenvalue weighted by atomic mass is 16.4. The van der Waals surface area contributed by atoms with Gasteiger partial charge in [0.1, 0.15) is 5.57 Å². The Morgan fingerprint density at radius 3 is 2.33 bits per heavy atom. The number of ketones is 3. The number of carbonyl (C=O) groups excluding carboxylic acids is 3. The number of hydrogen-bond donors (Lipinski definition) is 1. The Kier molecular flexibility index (Phi) is 1.86. The Labute approximate surface area is 66.7 Å². The number of carboxylic acids is 1. The van der Waals surface area contributed by atoms with Gasteiger partial charge in [0.25, 0.3) is 0 Å². The summed E-state index contributed by atoms with van der Waals surface area (Å²) in [4.78, 5) is 42.2. The lowest BCUT2D eigenvalue weighted by Gasteiger charge is -2.04. The summed E-state index contributed by atoms with van der Waals surface area (Å²) in [5, 5.41) is 8.36. The number of carboxylic acid groups (broad SMARTS) is 1. The number of Topliss-reactive ketones (excluding diaryl/α,β-unsaturated/α-hetero) is 2. The molecule has 0 aromatic carbocycles. The maximum absolute atomic E-state index is 10.8. The number of rotatable bonds is 1. The van der Waals surface area contributed by atoms with Crippen molar-refractivity contribution in [3.63, 3.8) is 0 Å². The molecule has 5 nitrogen and oxygen atoms in total. The van der Waals surface area contributed by atoms with Crippen LogP contribution in [0.15, 0.2) is 11.6 Å². The first-order valence-corrected chi connectivity index (χ1v) is 3.07. The monoisotopic (exact) mass is 168 g/mol. The van der Waals surface area contributed by atoms with Crippen LogP contribution in [0.2, 0.25) is 0 Å². The molecule has 0 fully saturated rings. The lowest BCUT2D eigenvalue weighted by Crippen LogP contribution is -2.27. The minimum absolute atomic E-state index is 0.566. The lowest BCUT2D eigenvalue weighted by atomic mass is 9.96. The van der Waals surface area contributed by atoms with Gasteiger partial charge in [-0.2, -0.15) is 0 Å². The standard InChI is InChI=1S/C7H4O5/c8-4-2-6(10)5(9)1-3(4)7(11)12/h1H,2H2,(H,11,12). The molecule has 0 saturated carbocycles. The first-order valence-electron chi connectivity index (χ1n) is 3.07. The van der Waals surface area contributed by atoms with Crippen LogP contribution in [0.5, 0.6) is 0 Å². The highest BCUT2D eigenvalue weighted by Gasteiger charge is 2.29. The van der Waals surface area contributed by atoms with E-state index in [1.165, 1.54) is 0 Å². The summed E-state index contributed by atoms with van der Waals surface area (Å²) in [7, 11) is 0. The first kappa shape index (κ1) is 8.32. The van der Waals surface area contributed by atoms with Crippen molar-refractivity contribution in [2.45, 2.75) is 6.42 Å². The summed E-state index contributed by atoms with van der Waals surface area (Å²) in [6, 6.07) is 0. The van der Waals surface area contributed by atoms with Crippen molar-refractivity contribution in [2.75, 3.05) is 0 Å². The van der Waals surface area contributed by atoms with Gasteiger partial charge in [-0.1, -0.05) is 0 Å². The molecule has 0 radical (unpaired) electrons. The Hall–Kier alpha value is -1.78. The molecular formula is C7H4O5. The molecule has 0 saturated heterocycles. The van der Waals surface area contributed by atoms with Crippen LogP contribution in [0.4, 0.5) is 0 Å². The Balaban J connectivity index is 3.09. The minimum atomic E-state index is -1.47. The number of hydrogen-bond acceptors (Lipinski definition) is 4. The summed E-state index contributed by atoms with van der Waals surface area (Å²) in [5.41, 5.74) is -0.611. The van der Waals surface area contributed by atoms with Crippen molar-refractivity contribution in [1.29, 1.82) is 0 Å². The summed E-state index contributed by atoms with van der Waals surface area (Å²) in [6.45, 7) is 0. The summed E-state index contributed by atoms with van der Waals surface area (Å²) < 4.78 is 0. The number of allylic oxidation sites excluding steroid dienone is 1. The summed E-state index contributed by atoms with van der Waals surface area (Å²) in [6.07, 6.45) is -0.0620. The van der Waals surface area contributed by atoms with Crippen LogP contribution >= 0.6 is 0 Å². The van der Waals surface area contributed by atoms with Gasteiger partial charge in [-0.05, 0) is 0 Å². The van der Waals surface area contributed by atoms with E-state index in [2.05, 4.69) is 0 Å². The molecule has 0 aromatic rings. The van der Waals surface area contributed by atoms with Gasteiger partial charge in [0.2, 0.25) is 11.6 Å². The van der Waals surface area contributed by atoms with Crippen LogP contribution in [0.25, 0.3) is 0 Å². The van der Waals surface area contributed by atoms with Gasteiger partial charge >= 0.3 is 5.97 Å². The maximum atomic E-state index is 10.8. The molecule has 12 heavy (non-hydrogen) atoms. The van der Waals surface area contributed by atoms with E-state index >= 15 is 0 Å². The molecule has 1 aliphatic rings. The third kappa shape index (κ3) is 1.29. The highest BCUT2D eigenvalue weighted by molar-refractivity contribution is 6.50. The molecule has 0 heterocycles. The molecule has 0 aliphatic heterocycles. The topological polar surface area (TPSA) is 88.5 Å². The average molecular weight is 168 g/mol. The van der Waals surface area contributed by atoms with Crippen molar-refractivity contribution in [2.24, 2.45) is 0 Å². The molecule has 1 rings (SSSR count). The van der Waals surface area contributed by atoms with Crippen LogP contribution in [0.3, 0.4) is 0 Å². The zero-order valence-electron chi connectivity index (χ0n) is 5.86. The zero-order valence-corrected chi connectivity index (χ0v) is 5.86. The molecule has 5 heteroatoms. The molecule has 0 aromatic heterocycles. The van der Waals surface area contributed by atoms with E-state index in [1.807, 2.05) is 0 Å². The predicted octanol–water partition coefficient (Wildman–Crippen LogP) is -0.892. The maximum Gasteiger partial charge on any atom is 0.339 e. The fourth-order valence-corrected chi connectivity index (χ4v) is 0.801. The summed E-state index contributed by atoms with van der Waals surface area (Å²) in [5.74, 6) is -4.06. The van der Waals surface area contributed by atoms with Crippen molar-refractivity contribution < 1.29 is 24.3 Å². The number of carbonyl (C=O) groups is 4. The lowest BCUT2D eigenvalue weighted by molar-refractivity contribution is -0.139. The smallest absolute Gasteiger partial charge is 0.339 e. The fraction of sp³-hybridized carbons (Fsp3) is 0.143. The van der Waals surface area contributed by atoms with Crippen LogP contribution in [0, 0.1) is 0 Å². The third-order valence-electron chi connectivity index (χ3n) is 1.40. The van der Waals surface area contributed by atoms with Crippen molar-refractivity contribution in [3.8, 4) is 0 Å². The van der Waals surface area contributed by atoms with Gasteiger partial charge in [0.15, 0.2) is 5.78 Å². The van der Waals surface area contributed by atoms with E-state index in [4.69, 9.17) is 5.11 Å².